The van der Waals surface area contributed by atoms with Gasteiger partial charge >= 0.3 is 6.03 Å². The molecule has 0 saturated heterocycles. The van der Waals surface area contributed by atoms with E-state index in [0.29, 0.717) is 17.1 Å². The lowest BCUT2D eigenvalue weighted by molar-refractivity contribution is 0.172. The van der Waals surface area contributed by atoms with E-state index in [0.717, 1.165) is 5.56 Å². The number of carbonyl (C=O) groups excluding carboxylic acids is 1. The average Bonchev–Trinajstić information content (AvgIpc) is 2.34. The molecule has 0 aromatic heterocycles. The molecule has 5 heteroatoms. The summed E-state index contributed by atoms with van der Waals surface area (Å²) in [6, 6.07) is 4.97. The summed E-state index contributed by atoms with van der Waals surface area (Å²) in [6.45, 7) is 5.42. The molecule has 100 valence electrons. The van der Waals surface area contributed by atoms with Crippen LogP contribution in [0.15, 0.2) is 18.2 Å². The third-order valence-corrected chi connectivity index (χ3v) is 3.47. The lowest BCUT2D eigenvalue weighted by atomic mass is 10.0. The van der Waals surface area contributed by atoms with Crippen molar-refractivity contribution < 1.29 is 9.90 Å². The number of halogens is 1. The molecule has 18 heavy (non-hydrogen) atoms. The number of nitrogens with one attached hydrogen (secondary N) is 2. The van der Waals surface area contributed by atoms with Crippen LogP contribution in [0.25, 0.3) is 0 Å². The molecule has 0 spiro atoms. The molecule has 4 nitrogen and oxygen atoms in total. The van der Waals surface area contributed by atoms with Crippen molar-refractivity contribution in [1.29, 1.82) is 0 Å². The zero-order valence-corrected chi connectivity index (χ0v) is 11.6. The van der Waals surface area contributed by atoms with Crippen molar-refractivity contribution in [1.82, 2.24) is 5.32 Å². The predicted molar refractivity (Wildman–Crippen MR) is 74.1 cm³/mol. The van der Waals surface area contributed by atoms with Gasteiger partial charge in [0.05, 0.1) is 12.1 Å². The first-order valence-electron chi connectivity index (χ1n) is 5.87. The van der Waals surface area contributed by atoms with Crippen molar-refractivity contribution in [3.63, 3.8) is 0 Å². The first kappa shape index (κ1) is 14.8. The van der Waals surface area contributed by atoms with Crippen molar-refractivity contribution in [2.75, 3.05) is 11.9 Å². The molecule has 1 aromatic rings. The van der Waals surface area contributed by atoms with Crippen LogP contribution >= 0.6 is 11.6 Å². The van der Waals surface area contributed by atoms with Gasteiger partial charge in [0.2, 0.25) is 0 Å². The second kappa shape index (κ2) is 6.07. The minimum absolute atomic E-state index is 0.106. The van der Waals surface area contributed by atoms with Gasteiger partial charge in [0.25, 0.3) is 0 Å². The van der Waals surface area contributed by atoms with Gasteiger partial charge in [0.1, 0.15) is 0 Å². The normalized spacial score (nSPS) is 13.8. The number of aliphatic hydroxyl groups is 1. The number of amides is 2. The highest BCUT2D eigenvalue weighted by Gasteiger charge is 2.23. The first-order chi connectivity index (χ1) is 8.41. The van der Waals surface area contributed by atoms with E-state index < -0.39 is 5.54 Å². The van der Waals surface area contributed by atoms with E-state index in [1.165, 1.54) is 0 Å². The SMILES string of the molecule is CCC(C)(CO)NC(=O)Nc1cccc(Cl)c1C. The molecule has 2 amide bonds. The summed E-state index contributed by atoms with van der Waals surface area (Å²) in [5.41, 5.74) is 0.865. The van der Waals surface area contributed by atoms with Crippen LogP contribution < -0.4 is 10.6 Å². The van der Waals surface area contributed by atoms with Crippen LogP contribution in [0.3, 0.4) is 0 Å². The molecule has 0 bridgehead atoms. The van der Waals surface area contributed by atoms with E-state index in [-0.39, 0.29) is 12.6 Å². The van der Waals surface area contributed by atoms with Crippen LogP contribution in [0, 0.1) is 6.92 Å². The first-order valence-corrected chi connectivity index (χ1v) is 6.25. The lowest BCUT2D eigenvalue weighted by Crippen LogP contribution is -2.50. The number of carbonyl (C=O) groups is 1. The van der Waals surface area contributed by atoms with E-state index >= 15 is 0 Å². The Hall–Kier alpha value is -1.26. The van der Waals surface area contributed by atoms with Crippen LogP contribution in [-0.4, -0.2) is 23.3 Å². The molecule has 0 aliphatic heterocycles. The molecule has 0 saturated carbocycles. The Morgan fingerprint density at radius 2 is 2.17 bits per heavy atom. The van der Waals surface area contributed by atoms with E-state index in [4.69, 9.17) is 11.6 Å². The maximum Gasteiger partial charge on any atom is 0.319 e. The van der Waals surface area contributed by atoms with Crippen molar-refractivity contribution >= 4 is 23.3 Å². The van der Waals surface area contributed by atoms with Gasteiger partial charge in [-0.05, 0) is 38.0 Å². The van der Waals surface area contributed by atoms with Gasteiger partial charge in [-0.3, -0.25) is 0 Å². The van der Waals surface area contributed by atoms with Crippen LogP contribution in [-0.2, 0) is 0 Å². The molecular weight excluding hydrogens is 252 g/mol. The van der Waals surface area contributed by atoms with E-state index in [1.54, 1.807) is 25.1 Å². The van der Waals surface area contributed by atoms with Gasteiger partial charge in [-0.1, -0.05) is 24.6 Å². The van der Waals surface area contributed by atoms with Gasteiger partial charge < -0.3 is 15.7 Å². The number of aliphatic hydroxyl groups excluding tert-OH is 1. The van der Waals surface area contributed by atoms with Gasteiger partial charge in [0.15, 0.2) is 0 Å². The van der Waals surface area contributed by atoms with Gasteiger partial charge in [-0.15, -0.1) is 0 Å². The Morgan fingerprint density at radius 3 is 2.72 bits per heavy atom. The fourth-order valence-electron chi connectivity index (χ4n) is 1.41. The lowest BCUT2D eigenvalue weighted by Gasteiger charge is -2.27. The molecule has 0 fully saturated rings. The maximum absolute atomic E-state index is 11.8. The van der Waals surface area contributed by atoms with E-state index in [2.05, 4.69) is 10.6 Å². The Labute approximate surface area is 112 Å². The molecule has 0 radical (unpaired) electrons. The molecular formula is C13H19ClN2O2. The number of rotatable bonds is 4. The predicted octanol–water partition coefficient (Wildman–Crippen LogP) is 2.93. The topological polar surface area (TPSA) is 61.4 Å². The third-order valence-electron chi connectivity index (χ3n) is 3.06. The van der Waals surface area contributed by atoms with E-state index in [1.807, 2.05) is 13.8 Å². The number of urea groups is 1. The standard InChI is InChI=1S/C13H19ClN2O2/c1-4-13(3,8-17)16-12(18)15-11-7-5-6-10(14)9(11)2/h5-7,17H,4,8H2,1-3H3,(H2,15,16,18). The highest BCUT2D eigenvalue weighted by Crippen LogP contribution is 2.23. The Balaban J connectivity index is 2.74. The van der Waals surface area contributed by atoms with Crippen LogP contribution in [0.2, 0.25) is 5.02 Å². The summed E-state index contributed by atoms with van der Waals surface area (Å²) in [6.07, 6.45) is 0.644. The molecule has 0 heterocycles. The largest absolute Gasteiger partial charge is 0.394 e. The zero-order valence-electron chi connectivity index (χ0n) is 10.9. The fourth-order valence-corrected chi connectivity index (χ4v) is 1.58. The smallest absolute Gasteiger partial charge is 0.319 e. The fraction of sp³-hybridized carbons (Fsp3) is 0.462. The summed E-state index contributed by atoms with van der Waals surface area (Å²) in [7, 11) is 0. The highest BCUT2D eigenvalue weighted by atomic mass is 35.5. The Bertz CT molecular complexity index is 431. The molecule has 3 N–H and O–H groups in total. The number of hydrogen-bond acceptors (Lipinski definition) is 2. The van der Waals surface area contributed by atoms with Crippen LogP contribution in [0.4, 0.5) is 10.5 Å². The highest BCUT2D eigenvalue weighted by molar-refractivity contribution is 6.31. The molecule has 1 rings (SSSR count). The second-order valence-corrected chi connectivity index (χ2v) is 4.97. The Kier molecular flexibility index (Phi) is 4.99. The van der Waals surface area contributed by atoms with Gasteiger partial charge in [-0.25, -0.2) is 4.79 Å². The van der Waals surface area contributed by atoms with Crippen molar-refractivity contribution in [2.24, 2.45) is 0 Å². The maximum atomic E-state index is 11.8. The zero-order chi connectivity index (χ0) is 13.8. The van der Waals surface area contributed by atoms with Gasteiger partial charge in [0, 0.05) is 10.7 Å². The second-order valence-electron chi connectivity index (χ2n) is 4.56. The quantitative estimate of drug-likeness (QED) is 0.788. The monoisotopic (exact) mass is 270 g/mol. The molecule has 1 atom stereocenters. The van der Waals surface area contributed by atoms with Crippen molar-refractivity contribution in [3.05, 3.63) is 28.8 Å². The van der Waals surface area contributed by atoms with Crippen LogP contribution in [0.5, 0.6) is 0 Å². The summed E-state index contributed by atoms with van der Waals surface area (Å²) >= 11 is 5.97. The van der Waals surface area contributed by atoms with Gasteiger partial charge in [-0.2, -0.15) is 0 Å². The molecule has 1 aromatic carbocycles. The molecule has 0 aliphatic carbocycles. The number of hydrogen-bond donors (Lipinski definition) is 3. The average molecular weight is 271 g/mol. The summed E-state index contributed by atoms with van der Waals surface area (Å²) in [5.74, 6) is 0. The minimum Gasteiger partial charge on any atom is -0.394 e. The third kappa shape index (κ3) is 3.62. The summed E-state index contributed by atoms with van der Waals surface area (Å²) in [4.78, 5) is 11.8. The summed E-state index contributed by atoms with van der Waals surface area (Å²) < 4.78 is 0. The number of benzene rings is 1. The Morgan fingerprint density at radius 1 is 1.50 bits per heavy atom. The van der Waals surface area contributed by atoms with Crippen molar-refractivity contribution in [3.8, 4) is 0 Å². The van der Waals surface area contributed by atoms with E-state index in [9.17, 15) is 9.90 Å². The molecule has 0 aliphatic rings. The summed E-state index contributed by atoms with van der Waals surface area (Å²) in [5, 5.41) is 15.3. The van der Waals surface area contributed by atoms with Crippen LogP contribution in [0.1, 0.15) is 25.8 Å². The minimum atomic E-state index is -0.615. The molecule has 1 unspecified atom stereocenters. The van der Waals surface area contributed by atoms with Crippen molar-refractivity contribution in [2.45, 2.75) is 32.7 Å². The number of anilines is 1.